The van der Waals surface area contributed by atoms with Gasteiger partial charge < -0.3 is 5.32 Å². The Labute approximate surface area is 143 Å². The molecule has 6 heteroatoms. The predicted molar refractivity (Wildman–Crippen MR) is 96.1 cm³/mol. The van der Waals surface area contributed by atoms with Crippen molar-refractivity contribution in [2.45, 2.75) is 0 Å². The molecular formula is C18H13N5S. The van der Waals surface area contributed by atoms with Gasteiger partial charge in [0.2, 0.25) is 0 Å². The number of thiophene rings is 1. The van der Waals surface area contributed by atoms with Gasteiger partial charge >= 0.3 is 0 Å². The Morgan fingerprint density at radius 2 is 1.79 bits per heavy atom. The monoisotopic (exact) mass is 331 g/mol. The lowest BCUT2D eigenvalue weighted by atomic mass is 10.1. The second-order valence-electron chi connectivity index (χ2n) is 5.07. The molecule has 5 nitrogen and oxygen atoms in total. The van der Waals surface area contributed by atoms with E-state index in [2.05, 4.69) is 42.1 Å². The molecule has 24 heavy (non-hydrogen) atoms. The number of hydrogen-bond acceptors (Lipinski definition) is 6. The highest BCUT2D eigenvalue weighted by Crippen LogP contribution is 2.23. The minimum Gasteiger partial charge on any atom is -0.325 e. The maximum absolute atomic E-state index is 4.56. The number of nitrogens with zero attached hydrogens (tertiary/aromatic N) is 4. The van der Waals surface area contributed by atoms with E-state index < -0.39 is 0 Å². The quantitative estimate of drug-likeness (QED) is 0.600. The van der Waals surface area contributed by atoms with Crippen molar-refractivity contribution < 1.29 is 0 Å². The second kappa shape index (κ2) is 6.55. The lowest BCUT2D eigenvalue weighted by molar-refractivity contribution is 1.17. The first kappa shape index (κ1) is 14.5. The first-order valence-corrected chi connectivity index (χ1v) is 8.32. The van der Waals surface area contributed by atoms with Crippen molar-refractivity contribution in [1.29, 1.82) is 0 Å². The van der Waals surface area contributed by atoms with Gasteiger partial charge in [-0.05, 0) is 46.7 Å². The fourth-order valence-corrected chi connectivity index (χ4v) is 2.94. The number of hydrogen-bond donors (Lipinski definition) is 1. The zero-order valence-corrected chi connectivity index (χ0v) is 13.4. The standard InChI is InChI=1S/C18H13N5S/c1-2-15(16-11-19-7-8-20-16)22-18(3-1)23-17-5-4-13(10-21-17)14-6-9-24-12-14/h1-12H,(H,21,22,23). The second-order valence-corrected chi connectivity index (χ2v) is 5.85. The van der Waals surface area contributed by atoms with E-state index >= 15 is 0 Å². The van der Waals surface area contributed by atoms with Crippen LogP contribution in [0.5, 0.6) is 0 Å². The summed E-state index contributed by atoms with van der Waals surface area (Å²) in [7, 11) is 0. The summed E-state index contributed by atoms with van der Waals surface area (Å²) in [6.45, 7) is 0. The molecule has 0 aliphatic heterocycles. The third-order valence-corrected chi connectivity index (χ3v) is 4.13. The Morgan fingerprint density at radius 3 is 2.54 bits per heavy atom. The van der Waals surface area contributed by atoms with Gasteiger partial charge in [-0.1, -0.05) is 6.07 Å². The largest absolute Gasteiger partial charge is 0.325 e. The molecule has 4 heterocycles. The lowest BCUT2D eigenvalue weighted by Gasteiger charge is -2.07. The van der Waals surface area contributed by atoms with Crippen LogP contribution in [0.3, 0.4) is 0 Å². The third-order valence-electron chi connectivity index (χ3n) is 3.45. The molecule has 0 aliphatic carbocycles. The Morgan fingerprint density at radius 1 is 0.792 bits per heavy atom. The van der Waals surface area contributed by atoms with Gasteiger partial charge in [0.05, 0.1) is 11.9 Å². The first-order chi connectivity index (χ1) is 11.9. The van der Waals surface area contributed by atoms with Gasteiger partial charge in [-0.2, -0.15) is 11.3 Å². The fourth-order valence-electron chi connectivity index (χ4n) is 2.28. The van der Waals surface area contributed by atoms with Crippen molar-refractivity contribution in [3.8, 4) is 22.5 Å². The average molecular weight is 331 g/mol. The van der Waals surface area contributed by atoms with Crippen molar-refractivity contribution in [3.05, 3.63) is 71.9 Å². The Balaban J connectivity index is 1.55. The van der Waals surface area contributed by atoms with Crippen LogP contribution in [0.1, 0.15) is 0 Å². The predicted octanol–water partition coefficient (Wildman–Crippen LogP) is 4.41. The summed E-state index contributed by atoms with van der Waals surface area (Å²) in [5, 5.41) is 7.38. The van der Waals surface area contributed by atoms with Crippen LogP contribution in [-0.4, -0.2) is 19.9 Å². The van der Waals surface area contributed by atoms with E-state index in [0.29, 0.717) is 5.82 Å². The topological polar surface area (TPSA) is 63.6 Å². The molecule has 116 valence electrons. The maximum atomic E-state index is 4.56. The van der Waals surface area contributed by atoms with E-state index in [4.69, 9.17) is 0 Å². The molecular weight excluding hydrogens is 318 g/mol. The molecule has 0 radical (unpaired) electrons. The summed E-state index contributed by atoms with van der Waals surface area (Å²) in [5.74, 6) is 1.46. The van der Waals surface area contributed by atoms with Gasteiger partial charge in [-0.3, -0.25) is 9.97 Å². The zero-order chi connectivity index (χ0) is 16.2. The fraction of sp³-hybridized carbons (Fsp3) is 0. The molecule has 4 rings (SSSR count). The van der Waals surface area contributed by atoms with Crippen LogP contribution in [0.25, 0.3) is 22.5 Å². The number of rotatable bonds is 4. The highest BCUT2D eigenvalue weighted by Gasteiger charge is 2.04. The molecule has 0 atom stereocenters. The van der Waals surface area contributed by atoms with Gasteiger partial charge in [0.1, 0.15) is 17.3 Å². The van der Waals surface area contributed by atoms with Gasteiger partial charge in [0.25, 0.3) is 0 Å². The normalized spacial score (nSPS) is 10.5. The number of aromatic nitrogens is 4. The molecule has 0 spiro atoms. The summed E-state index contributed by atoms with van der Waals surface area (Å²) >= 11 is 1.68. The van der Waals surface area contributed by atoms with Crippen LogP contribution in [0.4, 0.5) is 11.6 Å². The van der Waals surface area contributed by atoms with E-state index in [1.54, 1.807) is 29.9 Å². The van der Waals surface area contributed by atoms with Crippen molar-refractivity contribution in [2.24, 2.45) is 0 Å². The van der Waals surface area contributed by atoms with E-state index in [9.17, 15) is 0 Å². The van der Waals surface area contributed by atoms with Gasteiger partial charge in [0.15, 0.2) is 0 Å². The molecule has 0 fully saturated rings. The van der Waals surface area contributed by atoms with Crippen LogP contribution in [0.15, 0.2) is 71.9 Å². The van der Waals surface area contributed by atoms with Crippen LogP contribution >= 0.6 is 11.3 Å². The summed E-state index contributed by atoms with van der Waals surface area (Å²) in [5.41, 5.74) is 3.79. The van der Waals surface area contributed by atoms with Gasteiger partial charge in [0, 0.05) is 24.2 Å². The van der Waals surface area contributed by atoms with Crippen LogP contribution < -0.4 is 5.32 Å². The number of anilines is 2. The molecule has 4 aromatic rings. The number of nitrogens with one attached hydrogen (secondary N) is 1. The minimum atomic E-state index is 0.717. The van der Waals surface area contributed by atoms with Crippen molar-refractivity contribution in [1.82, 2.24) is 19.9 Å². The average Bonchev–Trinajstić information content (AvgIpc) is 3.18. The maximum Gasteiger partial charge on any atom is 0.132 e. The summed E-state index contributed by atoms with van der Waals surface area (Å²) in [6.07, 6.45) is 6.85. The Bertz CT molecular complexity index is 921. The summed E-state index contributed by atoms with van der Waals surface area (Å²) in [6, 6.07) is 11.8. The molecule has 0 bridgehead atoms. The van der Waals surface area contributed by atoms with Crippen LogP contribution in [0, 0.1) is 0 Å². The van der Waals surface area contributed by atoms with E-state index in [-0.39, 0.29) is 0 Å². The molecule has 0 aromatic carbocycles. The summed E-state index contributed by atoms with van der Waals surface area (Å²) in [4.78, 5) is 17.4. The molecule has 4 aromatic heterocycles. The smallest absolute Gasteiger partial charge is 0.132 e. The number of pyridine rings is 2. The highest BCUT2D eigenvalue weighted by molar-refractivity contribution is 7.08. The zero-order valence-electron chi connectivity index (χ0n) is 12.6. The lowest BCUT2D eigenvalue weighted by Crippen LogP contribution is -1.97. The highest BCUT2D eigenvalue weighted by atomic mass is 32.1. The van der Waals surface area contributed by atoms with E-state index in [0.717, 1.165) is 22.8 Å². The molecule has 0 saturated carbocycles. The Kier molecular flexibility index (Phi) is 3.95. The van der Waals surface area contributed by atoms with E-state index in [1.807, 2.05) is 36.5 Å². The minimum absolute atomic E-state index is 0.717. The van der Waals surface area contributed by atoms with E-state index in [1.165, 1.54) is 5.56 Å². The molecule has 0 unspecified atom stereocenters. The molecule has 0 saturated heterocycles. The summed E-state index contributed by atoms with van der Waals surface area (Å²) < 4.78 is 0. The van der Waals surface area contributed by atoms with Gasteiger partial charge in [-0.25, -0.2) is 9.97 Å². The molecule has 0 amide bonds. The molecule has 1 N–H and O–H groups in total. The van der Waals surface area contributed by atoms with Crippen molar-refractivity contribution in [2.75, 3.05) is 5.32 Å². The van der Waals surface area contributed by atoms with Crippen molar-refractivity contribution in [3.63, 3.8) is 0 Å². The first-order valence-electron chi connectivity index (χ1n) is 7.37. The van der Waals surface area contributed by atoms with Crippen LogP contribution in [0.2, 0.25) is 0 Å². The van der Waals surface area contributed by atoms with Crippen LogP contribution in [-0.2, 0) is 0 Å². The SMILES string of the molecule is c1cc(Nc2ccc(-c3ccsc3)cn2)nc(-c2cnccn2)c1. The Hall–Kier alpha value is -3.12. The third kappa shape index (κ3) is 3.13. The molecule has 0 aliphatic rings. The van der Waals surface area contributed by atoms with Gasteiger partial charge in [-0.15, -0.1) is 0 Å². The van der Waals surface area contributed by atoms with Crippen molar-refractivity contribution >= 4 is 23.0 Å².